The van der Waals surface area contributed by atoms with Gasteiger partial charge < -0.3 is 29.6 Å². The Hall–Kier alpha value is -4.34. The first kappa shape index (κ1) is 23.8. The molecule has 1 unspecified atom stereocenters. The Kier molecular flexibility index (Phi) is 6.21. The smallest absolute Gasteiger partial charge is 0.257 e. The summed E-state index contributed by atoms with van der Waals surface area (Å²) in [5.74, 6) is 0.530. The Bertz CT molecular complexity index is 1450. The van der Waals surface area contributed by atoms with Gasteiger partial charge in [0.05, 0.1) is 34.8 Å². The number of carbonyl (C=O) groups is 1. The molecule has 35 heavy (non-hydrogen) atoms. The van der Waals surface area contributed by atoms with Crippen LogP contribution in [-0.4, -0.2) is 35.2 Å². The maximum atomic E-state index is 12.4. The zero-order valence-corrected chi connectivity index (χ0v) is 20.1. The number of carbonyl (C=O) groups excluding carboxylic acids is 1. The third kappa shape index (κ3) is 4.18. The lowest BCUT2D eigenvalue weighted by Gasteiger charge is -2.21. The van der Waals surface area contributed by atoms with E-state index in [4.69, 9.17) is 8.94 Å². The van der Waals surface area contributed by atoms with Crippen LogP contribution in [0.5, 0.6) is 5.75 Å². The van der Waals surface area contributed by atoms with Crippen molar-refractivity contribution < 1.29 is 18.8 Å². The summed E-state index contributed by atoms with van der Waals surface area (Å²) in [7, 11) is 3.13. The number of rotatable bonds is 8. The normalized spacial score (nSPS) is 12.0. The van der Waals surface area contributed by atoms with E-state index in [0.717, 1.165) is 16.8 Å². The van der Waals surface area contributed by atoms with Crippen molar-refractivity contribution in [3.8, 4) is 16.9 Å². The number of amides is 1. The molecule has 4 rings (SSSR count). The van der Waals surface area contributed by atoms with Crippen LogP contribution in [0.15, 0.2) is 49.1 Å². The van der Waals surface area contributed by atoms with Crippen LogP contribution in [-0.2, 0) is 0 Å². The molecule has 0 bridgehead atoms. The number of para-hydroxylation sites is 1. The Morgan fingerprint density at radius 3 is 2.51 bits per heavy atom. The minimum atomic E-state index is -0.720. The first-order chi connectivity index (χ1) is 16.6. The van der Waals surface area contributed by atoms with Gasteiger partial charge in [-0.1, -0.05) is 18.1 Å². The number of hydrogen-bond acceptors (Lipinski definition) is 9. The van der Waals surface area contributed by atoms with Gasteiger partial charge in [-0.15, -0.1) is 0 Å². The molecule has 0 radical (unpaired) electrons. The fraction of sp³-hybridized carbons (Fsp3) is 0.280. The number of benzene rings is 1. The lowest BCUT2D eigenvalue weighted by atomic mass is 10.0. The lowest BCUT2D eigenvalue weighted by molar-refractivity contribution is 0.0824. The summed E-state index contributed by atoms with van der Waals surface area (Å²) < 4.78 is 11.0. The van der Waals surface area contributed by atoms with Gasteiger partial charge in [0.25, 0.3) is 16.8 Å². The van der Waals surface area contributed by atoms with E-state index in [1.165, 1.54) is 17.0 Å². The van der Waals surface area contributed by atoms with Crippen LogP contribution in [0.4, 0.5) is 17.1 Å². The summed E-state index contributed by atoms with van der Waals surface area (Å²) >= 11 is 0. The summed E-state index contributed by atoms with van der Waals surface area (Å²) in [6, 6.07) is 6.01. The highest BCUT2D eigenvalue weighted by Crippen LogP contribution is 2.35. The molecule has 10 heteroatoms. The first-order valence-electron chi connectivity index (χ1n) is 11.1. The molecule has 0 aliphatic heterocycles. The number of aromatic nitrogens is 1. The third-order valence-corrected chi connectivity index (χ3v) is 5.85. The largest absolute Gasteiger partial charge is 0.505 e. The molecule has 0 saturated carbocycles. The molecule has 2 aromatic carbocycles. The maximum absolute atomic E-state index is 12.4. The average Bonchev–Trinajstić information content (AvgIpc) is 3.44. The van der Waals surface area contributed by atoms with Gasteiger partial charge in [-0.05, 0) is 38.5 Å². The minimum absolute atomic E-state index is 0.00991. The van der Waals surface area contributed by atoms with Crippen molar-refractivity contribution in [3.05, 3.63) is 73.8 Å². The molecule has 10 nitrogen and oxygen atoms in total. The van der Waals surface area contributed by atoms with Gasteiger partial charge in [-0.2, -0.15) is 0 Å². The van der Waals surface area contributed by atoms with E-state index in [0.29, 0.717) is 17.9 Å². The molecule has 182 valence electrons. The molecular weight excluding hydrogens is 452 g/mol. The summed E-state index contributed by atoms with van der Waals surface area (Å²) in [4.78, 5) is 38.4. The van der Waals surface area contributed by atoms with Gasteiger partial charge in [-0.25, -0.2) is 0 Å². The zero-order chi connectivity index (χ0) is 25.4. The topological polar surface area (TPSA) is 138 Å². The van der Waals surface area contributed by atoms with Crippen LogP contribution < -0.4 is 21.5 Å². The number of furan rings is 1. The van der Waals surface area contributed by atoms with Crippen molar-refractivity contribution in [2.45, 2.75) is 33.2 Å². The second-order valence-electron chi connectivity index (χ2n) is 8.48. The number of anilines is 3. The molecule has 4 aromatic rings. The Balaban J connectivity index is 1.61. The second kappa shape index (κ2) is 9.13. The Labute approximate surface area is 200 Å². The standard InChI is InChI=1S/C25H26N4O6/c1-6-16(18-10-14(11-34-18)19-12(2)28-35-13(19)3)26-20-21(24(32)23(20)31)27-17-9-7-8-15(22(17)30)25(33)29(4)5/h7-11,16,26-27,30H,6H2,1-5H3. The number of aromatic hydroxyl groups is 1. The van der Waals surface area contributed by atoms with Crippen LogP contribution in [0.1, 0.15) is 47.0 Å². The molecule has 2 aromatic heterocycles. The fourth-order valence-electron chi connectivity index (χ4n) is 3.95. The van der Waals surface area contributed by atoms with Gasteiger partial charge in [0.2, 0.25) is 0 Å². The molecule has 0 spiro atoms. The predicted molar refractivity (Wildman–Crippen MR) is 131 cm³/mol. The molecule has 2 heterocycles. The van der Waals surface area contributed by atoms with Crippen LogP contribution >= 0.6 is 0 Å². The van der Waals surface area contributed by atoms with E-state index < -0.39 is 22.8 Å². The molecular formula is C25H26N4O6. The minimum Gasteiger partial charge on any atom is -0.505 e. The van der Waals surface area contributed by atoms with E-state index in [1.807, 2.05) is 26.8 Å². The molecule has 0 aliphatic carbocycles. The van der Waals surface area contributed by atoms with Gasteiger partial charge in [-0.3, -0.25) is 14.4 Å². The van der Waals surface area contributed by atoms with Gasteiger partial charge in [0, 0.05) is 19.7 Å². The van der Waals surface area contributed by atoms with Crippen LogP contribution in [0.2, 0.25) is 0 Å². The summed E-state index contributed by atoms with van der Waals surface area (Å²) in [5.41, 5.74) is 1.28. The monoisotopic (exact) mass is 478 g/mol. The molecule has 0 saturated heterocycles. The first-order valence-corrected chi connectivity index (χ1v) is 11.1. The number of nitrogens with zero attached hydrogens (tertiary/aromatic N) is 2. The van der Waals surface area contributed by atoms with E-state index in [1.54, 1.807) is 26.4 Å². The van der Waals surface area contributed by atoms with E-state index >= 15 is 0 Å². The van der Waals surface area contributed by atoms with Crippen molar-refractivity contribution in [1.82, 2.24) is 10.1 Å². The Morgan fingerprint density at radius 1 is 1.17 bits per heavy atom. The van der Waals surface area contributed by atoms with E-state index in [2.05, 4.69) is 15.8 Å². The molecule has 1 atom stereocenters. The maximum Gasteiger partial charge on any atom is 0.257 e. The molecule has 0 fully saturated rings. The summed E-state index contributed by atoms with van der Waals surface area (Å²) in [6.07, 6.45) is 2.16. The summed E-state index contributed by atoms with van der Waals surface area (Å²) in [5, 5.41) is 20.4. The van der Waals surface area contributed by atoms with Crippen molar-refractivity contribution >= 4 is 23.0 Å². The number of phenolic OH excluding ortho intramolecular Hbond substituents is 1. The highest BCUT2D eigenvalue weighted by molar-refractivity contribution is 5.99. The van der Waals surface area contributed by atoms with Gasteiger partial charge >= 0.3 is 0 Å². The van der Waals surface area contributed by atoms with Crippen LogP contribution in [0.25, 0.3) is 11.1 Å². The molecule has 1 amide bonds. The van der Waals surface area contributed by atoms with E-state index in [9.17, 15) is 19.5 Å². The summed E-state index contributed by atoms with van der Waals surface area (Å²) in [6.45, 7) is 5.57. The third-order valence-electron chi connectivity index (χ3n) is 5.85. The van der Waals surface area contributed by atoms with Crippen molar-refractivity contribution in [1.29, 1.82) is 0 Å². The number of phenols is 1. The highest BCUT2D eigenvalue weighted by atomic mass is 16.5. The quantitative estimate of drug-likeness (QED) is 0.254. The fourth-order valence-corrected chi connectivity index (χ4v) is 3.95. The van der Waals surface area contributed by atoms with Crippen molar-refractivity contribution in [2.24, 2.45) is 0 Å². The van der Waals surface area contributed by atoms with Gasteiger partial charge in [0.15, 0.2) is 5.75 Å². The zero-order valence-electron chi connectivity index (χ0n) is 20.1. The van der Waals surface area contributed by atoms with Crippen LogP contribution in [0, 0.1) is 13.8 Å². The number of hydrogen-bond donors (Lipinski definition) is 3. The molecule has 3 N–H and O–H groups in total. The number of aryl methyl sites for hydroxylation is 2. The number of nitrogens with one attached hydrogen (secondary N) is 2. The SMILES string of the molecule is CCC(Nc1c(Nc2cccc(C(=O)N(C)C)c2O)c(=O)c1=O)c1cc(-c2c(C)noc2C)co1. The lowest BCUT2D eigenvalue weighted by Crippen LogP contribution is -2.37. The second-order valence-corrected chi connectivity index (χ2v) is 8.48. The van der Waals surface area contributed by atoms with Gasteiger partial charge in [0.1, 0.15) is 22.9 Å². The van der Waals surface area contributed by atoms with Crippen molar-refractivity contribution in [2.75, 3.05) is 24.7 Å². The average molecular weight is 479 g/mol. The predicted octanol–water partition coefficient (Wildman–Crippen LogP) is 3.86. The molecule has 0 aliphatic rings. The Morgan fingerprint density at radius 2 is 1.89 bits per heavy atom. The van der Waals surface area contributed by atoms with E-state index in [-0.39, 0.29) is 28.4 Å². The van der Waals surface area contributed by atoms with Crippen LogP contribution in [0.3, 0.4) is 0 Å². The highest BCUT2D eigenvalue weighted by Gasteiger charge is 2.27. The van der Waals surface area contributed by atoms with Crippen molar-refractivity contribution in [3.63, 3.8) is 0 Å².